The summed E-state index contributed by atoms with van der Waals surface area (Å²) in [6.07, 6.45) is 4.20. The maximum Gasteiger partial charge on any atom is 0.312 e. The van der Waals surface area contributed by atoms with E-state index in [9.17, 15) is 33.6 Å². The number of benzene rings is 1. The Morgan fingerprint density at radius 2 is 1.37 bits per heavy atom. The third-order valence-electron chi connectivity index (χ3n) is 8.36. The highest BCUT2D eigenvalue weighted by atomic mass is 16.5. The molecule has 0 aliphatic heterocycles. The molecule has 0 aliphatic rings. The number of anilines is 1. The number of ether oxygens (including phenoxy) is 1. The molecule has 0 heterocycles. The third kappa shape index (κ3) is 20.3. The lowest BCUT2D eigenvalue weighted by Crippen LogP contribution is -2.45. The maximum absolute atomic E-state index is 13.4. The van der Waals surface area contributed by atoms with Gasteiger partial charge in [0.2, 0.25) is 17.7 Å². The Labute approximate surface area is 303 Å². The van der Waals surface area contributed by atoms with Gasteiger partial charge in [-0.2, -0.15) is 0 Å². The zero-order valence-electron chi connectivity index (χ0n) is 31.4. The number of amides is 5. The van der Waals surface area contributed by atoms with Crippen LogP contribution in [0.25, 0.3) is 0 Å². The van der Waals surface area contributed by atoms with E-state index in [1.807, 2.05) is 41.5 Å². The fourth-order valence-electron chi connectivity index (χ4n) is 5.16. The largest absolute Gasteiger partial charge is 0.369 e. The number of urea groups is 1. The van der Waals surface area contributed by atoms with Crippen molar-refractivity contribution >= 4 is 46.8 Å². The minimum atomic E-state index is -0.799. The topological polar surface area (TPSA) is 203 Å². The number of ketones is 3. The van der Waals surface area contributed by atoms with E-state index in [1.165, 1.54) is 0 Å². The van der Waals surface area contributed by atoms with Crippen molar-refractivity contribution < 1.29 is 38.3 Å². The molecular weight excluding hydrogens is 654 g/mol. The molecule has 1 rings (SSSR count). The first-order valence-corrected chi connectivity index (χ1v) is 18.3. The summed E-state index contributed by atoms with van der Waals surface area (Å²) in [7, 11) is 0. The van der Waals surface area contributed by atoms with Crippen LogP contribution in [0.4, 0.5) is 10.5 Å². The van der Waals surface area contributed by atoms with Gasteiger partial charge in [-0.1, -0.05) is 60.1 Å². The number of Topliss-reactive ketones (excluding diaryl/α,β-unsaturated/α-hetero) is 3. The molecule has 0 bridgehead atoms. The van der Waals surface area contributed by atoms with Gasteiger partial charge in [0, 0.05) is 62.2 Å². The molecule has 13 heteroatoms. The van der Waals surface area contributed by atoms with Crippen LogP contribution in [0.15, 0.2) is 24.3 Å². The fraction of sp³-hybridized carbons (Fsp3) is 0.658. The number of nitrogens with two attached hydrogens (primary N) is 1. The van der Waals surface area contributed by atoms with Gasteiger partial charge in [0.15, 0.2) is 11.6 Å². The Morgan fingerprint density at radius 1 is 0.706 bits per heavy atom. The summed E-state index contributed by atoms with van der Waals surface area (Å²) < 4.78 is 5.59. The molecule has 0 spiro atoms. The molecule has 0 fully saturated rings. The van der Waals surface area contributed by atoms with E-state index in [-0.39, 0.29) is 85.4 Å². The van der Waals surface area contributed by atoms with Crippen LogP contribution >= 0.6 is 0 Å². The number of rotatable bonds is 27. The van der Waals surface area contributed by atoms with Gasteiger partial charge in [-0.05, 0) is 55.7 Å². The second-order valence-electron chi connectivity index (χ2n) is 14.0. The van der Waals surface area contributed by atoms with Gasteiger partial charge in [0.25, 0.3) is 0 Å². The minimum Gasteiger partial charge on any atom is -0.369 e. The van der Waals surface area contributed by atoms with E-state index in [0.29, 0.717) is 44.3 Å². The summed E-state index contributed by atoms with van der Waals surface area (Å²) in [6, 6.07) is 5.50. The average Bonchev–Trinajstić information content (AvgIpc) is 3.06. The number of hydrogen-bond donors (Lipinski definition) is 5. The summed E-state index contributed by atoms with van der Waals surface area (Å²) in [6.45, 7) is 12.0. The molecule has 1 aromatic rings. The first-order valence-electron chi connectivity index (χ1n) is 18.3. The second-order valence-corrected chi connectivity index (χ2v) is 14.0. The molecule has 51 heavy (non-hydrogen) atoms. The summed E-state index contributed by atoms with van der Waals surface area (Å²) >= 11 is 0. The van der Waals surface area contributed by atoms with Gasteiger partial charge in [0.1, 0.15) is 12.4 Å². The van der Waals surface area contributed by atoms with E-state index >= 15 is 0 Å². The Hall–Kier alpha value is -4.13. The van der Waals surface area contributed by atoms with Gasteiger partial charge >= 0.3 is 6.03 Å². The highest BCUT2D eigenvalue weighted by Crippen LogP contribution is 2.20. The summed E-state index contributed by atoms with van der Waals surface area (Å²) in [5, 5.41) is 11.0. The van der Waals surface area contributed by atoms with Crippen molar-refractivity contribution in [2.45, 2.75) is 118 Å². The smallest absolute Gasteiger partial charge is 0.312 e. The zero-order valence-corrected chi connectivity index (χ0v) is 31.4. The van der Waals surface area contributed by atoms with Crippen LogP contribution in [0.5, 0.6) is 0 Å². The average molecular weight is 716 g/mol. The zero-order chi connectivity index (χ0) is 38.3. The van der Waals surface area contributed by atoms with Crippen LogP contribution in [-0.2, 0) is 40.1 Å². The molecule has 0 aromatic heterocycles. The monoisotopic (exact) mass is 715 g/mol. The van der Waals surface area contributed by atoms with Gasteiger partial charge in [0.05, 0.1) is 12.6 Å². The van der Waals surface area contributed by atoms with E-state index < -0.39 is 18.0 Å². The molecule has 0 aliphatic carbocycles. The van der Waals surface area contributed by atoms with E-state index in [0.717, 1.165) is 24.8 Å². The Bertz CT molecular complexity index is 1280. The van der Waals surface area contributed by atoms with E-state index in [4.69, 9.17) is 10.5 Å². The number of unbranched alkanes of at least 4 members (excludes halogenated alkanes) is 2. The predicted octanol–water partition coefficient (Wildman–Crippen LogP) is 4.60. The van der Waals surface area contributed by atoms with Gasteiger partial charge in [-0.25, -0.2) is 4.79 Å². The van der Waals surface area contributed by atoms with E-state index in [1.54, 1.807) is 24.3 Å². The number of carbonyl (C=O) groups excluding carboxylic acids is 7. The summed E-state index contributed by atoms with van der Waals surface area (Å²) in [5.74, 6) is -1.96. The third-order valence-corrected chi connectivity index (χ3v) is 8.36. The molecule has 0 saturated heterocycles. The highest BCUT2D eigenvalue weighted by molar-refractivity contribution is 5.97. The number of primary amides is 1. The van der Waals surface area contributed by atoms with Gasteiger partial charge in [-0.3, -0.25) is 28.8 Å². The van der Waals surface area contributed by atoms with Crippen molar-refractivity contribution in [3.05, 3.63) is 29.8 Å². The van der Waals surface area contributed by atoms with Crippen molar-refractivity contribution in [1.29, 1.82) is 0 Å². The van der Waals surface area contributed by atoms with Crippen molar-refractivity contribution in [1.82, 2.24) is 16.0 Å². The van der Waals surface area contributed by atoms with Gasteiger partial charge in [-0.15, -0.1) is 0 Å². The Morgan fingerprint density at radius 3 is 1.98 bits per heavy atom. The molecular formula is C38H61N5O8. The molecule has 0 saturated carbocycles. The lowest BCUT2D eigenvalue weighted by Gasteiger charge is -2.24. The molecule has 0 unspecified atom stereocenters. The van der Waals surface area contributed by atoms with Crippen molar-refractivity contribution in [2.75, 3.05) is 25.0 Å². The van der Waals surface area contributed by atoms with Crippen LogP contribution in [0, 0.1) is 23.7 Å². The highest BCUT2D eigenvalue weighted by Gasteiger charge is 2.29. The van der Waals surface area contributed by atoms with E-state index in [2.05, 4.69) is 21.3 Å². The maximum atomic E-state index is 13.4. The summed E-state index contributed by atoms with van der Waals surface area (Å²) in [5.41, 5.74) is 6.49. The number of carbonyl (C=O) groups is 7. The quantitative estimate of drug-likeness (QED) is 0.0813. The first-order chi connectivity index (χ1) is 24.1. The second kappa shape index (κ2) is 24.9. The molecule has 6 N–H and O–H groups in total. The predicted molar refractivity (Wildman–Crippen MR) is 196 cm³/mol. The number of hydrogen-bond acceptors (Lipinski definition) is 8. The fourth-order valence-corrected chi connectivity index (χ4v) is 5.16. The normalized spacial score (nSPS) is 12.3. The standard InChI is InChI=1S/C38H61N5O8/c1-25(2)32(45)14-10-15-34(47)43-35(26(3)4)33(46)22-29(12-11-21-41-38(39)50)37(49)42-30-18-16-28(17-19-30)23-51-24-31(44)13-8-7-9-20-40-36(48)27(5)6/h16-19,25-27,29,35H,7-15,20-24H2,1-6H3,(H,40,48)(H,42,49)(H,43,47)(H3,39,41,50)/t29-,35+/m1/s1. The molecule has 286 valence electrons. The molecule has 5 amide bonds. The minimum absolute atomic E-state index is 0.00146. The van der Waals surface area contributed by atoms with Crippen LogP contribution in [0.3, 0.4) is 0 Å². The molecule has 0 radical (unpaired) electrons. The van der Waals surface area contributed by atoms with Crippen LogP contribution in [-0.4, -0.2) is 66.8 Å². The summed E-state index contributed by atoms with van der Waals surface area (Å²) in [4.78, 5) is 86.3. The van der Waals surface area contributed by atoms with Gasteiger partial charge < -0.3 is 31.7 Å². The SMILES string of the molecule is CC(C)C(=O)CCCC(=O)N[C@H](C(=O)C[C@@H](CCCNC(N)=O)C(=O)Nc1ccc(COCC(=O)CCCCCNC(=O)C(C)C)cc1)C(C)C. The Kier molecular flexibility index (Phi) is 21.9. The van der Waals surface area contributed by atoms with Crippen molar-refractivity contribution in [2.24, 2.45) is 29.4 Å². The molecule has 1 aromatic carbocycles. The number of nitrogens with one attached hydrogen (secondary N) is 4. The Balaban J connectivity index is 2.68. The lowest BCUT2D eigenvalue weighted by molar-refractivity contribution is -0.131. The van der Waals surface area contributed by atoms with Crippen LogP contribution < -0.4 is 27.0 Å². The van der Waals surface area contributed by atoms with Crippen LogP contribution in [0.2, 0.25) is 0 Å². The van der Waals surface area contributed by atoms with Crippen LogP contribution in [0.1, 0.15) is 111 Å². The molecule has 13 nitrogen and oxygen atoms in total. The molecule has 2 atom stereocenters. The van der Waals surface area contributed by atoms with Crippen molar-refractivity contribution in [3.63, 3.8) is 0 Å². The lowest BCUT2D eigenvalue weighted by atomic mass is 9.89. The van der Waals surface area contributed by atoms with Crippen molar-refractivity contribution in [3.8, 4) is 0 Å². The first kappa shape index (κ1) is 44.9.